The number of rotatable bonds is 3. The van der Waals surface area contributed by atoms with Crippen LogP contribution in [0.3, 0.4) is 0 Å². The van der Waals surface area contributed by atoms with Gasteiger partial charge in [-0.15, -0.1) is 0 Å². The van der Waals surface area contributed by atoms with Crippen molar-refractivity contribution in [2.45, 2.75) is 12.8 Å². The fourth-order valence-electron chi connectivity index (χ4n) is 1.44. The minimum absolute atomic E-state index is 0.0547. The summed E-state index contributed by atoms with van der Waals surface area (Å²) >= 11 is 3.28. The van der Waals surface area contributed by atoms with Crippen molar-refractivity contribution < 1.29 is 14.3 Å². The van der Waals surface area contributed by atoms with Crippen molar-refractivity contribution in [3.63, 3.8) is 0 Å². The van der Waals surface area contributed by atoms with Crippen LogP contribution in [0.25, 0.3) is 0 Å². The van der Waals surface area contributed by atoms with Gasteiger partial charge in [0.05, 0.1) is 12.7 Å². The Hall–Kier alpha value is -1.56. The van der Waals surface area contributed by atoms with Crippen LogP contribution < -0.4 is 15.6 Å². The van der Waals surface area contributed by atoms with Crippen molar-refractivity contribution >= 4 is 27.7 Å². The van der Waals surface area contributed by atoms with E-state index >= 15 is 0 Å². The number of hydrazine groups is 1. The molecule has 0 aromatic heterocycles. The van der Waals surface area contributed by atoms with E-state index in [0.717, 1.165) is 12.8 Å². The molecule has 0 heterocycles. The first kappa shape index (κ1) is 12.9. The molecule has 1 aliphatic rings. The van der Waals surface area contributed by atoms with Crippen molar-refractivity contribution in [1.29, 1.82) is 0 Å². The molecule has 6 heteroatoms. The molecule has 0 aliphatic heterocycles. The first-order chi connectivity index (χ1) is 8.61. The molecule has 0 saturated heterocycles. The molecule has 5 nitrogen and oxygen atoms in total. The van der Waals surface area contributed by atoms with Crippen molar-refractivity contribution in [3.05, 3.63) is 28.2 Å². The number of ether oxygens (including phenoxy) is 1. The third-order valence-corrected chi connectivity index (χ3v) is 3.36. The number of carbonyl (C=O) groups is 2. The SMILES string of the molecule is COc1ccc(Br)c(C(=O)NNC(=O)C2CC2)c1. The average Bonchev–Trinajstić information content (AvgIpc) is 3.20. The van der Waals surface area contributed by atoms with E-state index in [1.54, 1.807) is 18.2 Å². The van der Waals surface area contributed by atoms with E-state index in [2.05, 4.69) is 26.8 Å². The van der Waals surface area contributed by atoms with E-state index in [-0.39, 0.29) is 17.7 Å². The molecule has 96 valence electrons. The zero-order valence-corrected chi connectivity index (χ0v) is 11.4. The quantitative estimate of drug-likeness (QED) is 0.834. The van der Waals surface area contributed by atoms with Crippen molar-refractivity contribution in [2.24, 2.45) is 5.92 Å². The first-order valence-electron chi connectivity index (χ1n) is 5.55. The molecule has 1 aromatic rings. The lowest BCUT2D eigenvalue weighted by molar-refractivity contribution is -0.123. The maximum Gasteiger partial charge on any atom is 0.270 e. The average molecular weight is 313 g/mol. The molecule has 1 aliphatic carbocycles. The summed E-state index contributed by atoms with van der Waals surface area (Å²) < 4.78 is 5.69. The Balaban J connectivity index is 2.00. The summed E-state index contributed by atoms with van der Waals surface area (Å²) in [6.45, 7) is 0. The second kappa shape index (κ2) is 5.39. The minimum atomic E-state index is -0.380. The van der Waals surface area contributed by atoms with Gasteiger partial charge in [0.2, 0.25) is 5.91 Å². The van der Waals surface area contributed by atoms with Gasteiger partial charge >= 0.3 is 0 Å². The molecule has 18 heavy (non-hydrogen) atoms. The van der Waals surface area contributed by atoms with Crippen LogP contribution in [0, 0.1) is 5.92 Å². The van der Waals surface area contributed by atoms with Crippen molar-refractivity contribution in [3.8, 4) is 5.75 Å². The maximum absolute atomic E-state index is 11.9. The third kappa shape index (κ3) is 3.01. The smallest absolute Gasteiger partial charge is 0.270 e. The van der Waals surface area contributed by atoms with E-state index in [4.69, 9.17) is 4.74 Å². The van der Waals surface area contributed by atoms with Gasteiger partial charge < -0.3 is 4.74 Å². The van der Waals surface area contributed by atoms with Crippen LogP contribution in [0.2, 0.25) is 0 Å². The summed E-state index contributed by atoms with van der Waals surface area (Å²) in [5.74, 6) is 0.119. The van der Waals surface area contributed by atoms with Gasteiger partial charge in [-0.1, -0.05) is 0 Å². The molecule has 0 atom stereocenters. The Kier molecular flexibility index (Phi) is 3.86. The van der Waals surface area contributed by atoms with Gasteiger partial charge in [-0.3, -0.25) is 20.4 Å². The number of nitrogens with one attached hydrogen (secondary N) is 2. The Morgan fingerprint density at radius 3 is 2.67 bits per heavy atom. The second-order valence-corrected chi connectivity index (χ2v) is 4.92. The first-order valence-corrected chi connectivity index (χ1v) is 6.35. The number of halogens is 1. The number of carbonyl (C=O) groups excluding carboxylic acids is 2. The summed E-state index contributed by atoms with van der Waals surface area (Å²) in [6, 6.07) is 5.06. The van der Waals surface area contributed by atoms with Crippen LogP contribution in [0.1, 0.15) is 23.2 Å². The molecule has 1 aromatic carbocycles. The normalized spacial score (nSPS) is 13.9. The number of amides is 2. The third-order valence-electron chi connectivity index (χ3n) is 2.67. The minimum Gasteiger partial charge on any atom is -0.497 e. The Bertz CT molecular complexity index is 486. The van der Waals surface area contributed by atoms with E-state index < -0.39 is 0 Å². The van der Waals surface area contributed by atoms with Crippen LogP contribution in [-0.2, 0) is 4.79 Å². The van der Waals surface area contributed by atoms with E-state index in [1.165, 1.54) is 7.11 Å². The van der Waals surface area contributed by atoms with Crippen LogP contribution >= 0.6 is 15.9 Å². The number of methoxy groups -OCH3 is 1. The van der Waals surface area contributed by atoms with Gasteiger partial charge in [-0.25, -0.2) is 0 Å². The van der Waals surface area contributed by atoms with Crippen LogP contribution in [0.5, 0.6) is 5.75 Å². The summed E-state index contributed by atoms with van der Waals surface area (Å²) in [5, 5.41) is 0. The predicted molar refractivity (Wildman–Crippen MR) is 69.0 cm³/mol. The van der Waals surface area contributed by atoms with Gasteiger partial charge in [0, 0.05) is 10.4 Å². The van der Waals surface area contributed by atoms with Gasteiger partial charge in [-0.2, -0.15) is 0 Å². The molecule has 0 spiro atoms. The highest BCUT2D eigenvalue weighted by Gasteiger charge is 2.29. The zero-order valence-electron chi connectivity index (χ0n) is 9.83. The highest BCUT2D eigenvalue weighted by atomic mass is 79.9. The zero-order chi connectivity index (χ0) is 13.1. The highest BCUT2D eigenvalue weighted by Crippen LogP contribution is 2.28. The lowest BCUT2D eigenvalue weighted by Gasteiger charge is -2.09. The van der Waals surface area contributed by atoms with Crippen LogP contribution in [0.4, 0.5) is 0 Å². The van der Waals surface area contributed by atoms with Gasteiger partial charge in [0.1, 0.15) is 5.75 Å². The van der Waals surface area contributed by atoms with Gasteiger partial charge in [-0.05, 0) is 47.0 Å². The van der Waals surface area contributed by atoms with E-state index in [1.807, 2.05) is 0 Å². The van der Waals surface area contributed by atoms with Gasteiger partial charge in [0.15, 0.2) is 0 Å². The monoisotopic (exact) mass is 312 g/mol. The molecular weight excluding hydrogens is 300 g/mol. The molecule has 0 radical (unpaired) electrons. The maximum atomic E-state index is 11.9. The number of hydrogen-bond donors (Lipinski definition) is 2. The van der Waals surface area contributed by atoms with Gasteiger partial charge in [0.25, 0.3) is 5.91 Å². The molecule has 0 bridgehead atoms. The molecule has 2 N–H and O–H groups in total. The molecule has 2 amide bonds. The molecule has 2 rings (SSSR count). The molecule has 0 unspecified atom stereocenters. The topological polar surface area (TPSA) is 67.4 Å². The molecular formula is C12H13BrN2O3. The largest absolute Gasteiger partial charge is 0.497 e. The van der Waals surface area contributed by atoms with E-state index in [0.29, 0.717) is 15.8 Å². The summed E-state index contributed by atoms with van der Waals surface area (Å²) in [4.78, 5) is 23.3. The van der Waals surface area contributed by atoms with E-state index in [9.17, 15) is 9.59 Å². The molecule has 1 fully saturated rings. The Morgan fingerprint density at radius 2 is 2.06 bits per heavy atom. The fraction of sp³-hybridized carbons (Fsp3) is 0.333. The predicted octanol–water partition coefficient (Wildman–Crippen LogP) is 1.63. The summed E-state index contributed by atoms with van der Waals surface area (Å²) in [6.07, 6.45) is 1.79. The lowest BCUT2D eigenvalue weighted by atomic mass is 10.2. The summed E-state index contributed by atoms with van der Waals surface area (Å²) in [5.41, 5.74) is 5.20. The second-order valence-electron chi connectivity index (χ2n) is 4.06. The Labute approximate surface area is 113 Å². The summed E-state index contributed by atoms with van der Waals surface area (Å²) in [7, 11) is 1.53. The highest BCUT2D eigenvalue weighted by molar-refractivity contribution is 9.10. The van der Waals surface area contributed by atoms with Crippen molar-refractivity contribution in [1.82, 2.24) is 10.9 Å². The fourth-order valence-corrected chi connectivity index (χ4v) is 1.87. The number of hydrogen-bond acceptors (Lipinski definition) is 3. The van der Waals surface area contributed by atoms with Crippen LogP contribution in [-0.4, -0.2) is 18.9 Å². The number of benzene rings is 1. The van der Waals surface area contributed by atoms with Crippen LogP contribution in [0.15, 0.2) is 22.7 Å². The van der Waals surface area contributed by atoms with Crippen molar-refractivity contribution in [2.75, 3.05) is 7.11 Å². The molecule has 1 saturated carbocycles. The standard InChI is InChI=1S/C12H13BrN2O3/c1-18-8-4-5-10(13)9(6-8)12(17)15-14-11(16)7-2-3-7/h4-7H,2-3H2,1H3,(H,14,16)(H,15,17). The Morgan fingerprint density at radius 1 is 1.33 bits per heavy atom. The lowest BCUT2D eigenvalue weighted by Crippen LogP contribution is -2.42.